The van der Waals surface area contributed by atoms with Gasteiger partial charge in [-0.25, -0.2) is 9.78 Å². The number of rotatable bonds is 5. The number of anilines is 2. The van der Waals surface area contributed by atoms with E-state index < -0.39 is 0 Å². The number of carbonyl (C=O) groups excluding carboxylic acids is 3. The van der Waals surface area contributed by atoms with Crippen LogP contribution in [0.15, 0.2) is 29.6 Å². The molecule has 2 heterocycles. The Morgan fingerprint density at radius 1 is 1.21 bits per heavy atom. The largest absolute Gasteiger partial charge is 0.327 e. The van der Waals surface area contributed by atoms with Crippen molar-refractivity contribution in [1.82, 2.24) is 14.8 Å². The molecule has 0 bridgehead atoms. The summed E-state index contributed by atoms with van der Waals surface area (Å²) in [5.74, 6) is -0.325. The average Bonchev–Trinajstić information content (AvgIpc) is 3.41. The number of aromatic nitrogens is 1. The maximum absolute atomic E-state index is 12.8. The van der Waals surface area contributed by atoms with E-state index in [0.717, 1.165) is 36.9 Å². The first-order chi connectivity index (χ1) is 13.9. The summed E-state index contributed by atoms with van der Waals surface area (Å²) in [7, 11) is 0. The van der Waals surface area contributed by atoms with Crippen molar-refractivity contribution in [3.63, 3.8) is 0 Å². The molecule has 1 aromatic heterocycles. The number of amides is 4. The highest BCUT2D eigenvalue weighted by Crippen LogP contribution is 2.31. The van der Waals surface area contributed by atoms with Gasteiger partial charge in [-0.15, -0.1) is 11.3 Å². The van der Waals surface area contributed by atoms with Gasteiger partial charge in [-0.2, -0.15) is 0 Å². The van der Waals surface area contributed by atoms with Gasteiger partial charge in [-0.1, -0.05) is 30.5 Å². The van der Waals surface area contributed by atoms with Crippen molar-refractivity contribution in [3.05, 3.63) is 40.9 Å². The molecule has 7 nitrogen and oxygen atoms in total. The fraction of sp³-hybridized carbons (Fsp3) is 0.429. The number of benzene rings is 1. The van der Waals surface area contributed by atoms with Crippen molar-refractivity contribution in [3.8, 4) is 0 Å². The molecule has 0 unspecified atom stereocenters. The summed E-state index contributed by atoms with van der Waals surface area (Å²) < 4.78 is 0. The quantitative estimate of drug-likeness (QED) is 0.700. The van der Waals surface area contributed by atoms with Crippen LogP contribution in [-0.2, 0) is 16.1 Å². The van der Waals surface area contributed by atoms with Gasteiger partial charge in [0.15, 0.2) is 5.13 Å². The van der Waals surface area contributed by atoms with Gasteiger partial charge in [-0.05, 0) is 31.9 Å². The second-order valence-corrected chi connectivity index (χ2v) is 8.48. The molecule has 152 valence electrons. The van der Waals surface area contributed by atoms with Crippen LogP contribution in [0.2, 0.25) is 0 Å². The van der Waals surface area contributed by atoms with Crippen molar-refractivity contribution in [2.24, 2.45) is 0 Å². The molecule has 0 N–H and O–H groups in total. The lowest BCUT2D eigenvalue weighted by molar-refractivity contribution is -0.125. The van der Waals surface area contributed by atoms with Crippen LogP contribution in [0.3, 0.4) is 0 Å². The molecule has 1 aliphatic heterocycles. The fourth-order valence-electron chi connectivity index (χ4n) is 3.97. The third-order valence-electron chi connectivity index (χ3n) is 5.51. The Hall–Kier alpha value is -2.74. The van der Waals surface area contributed by atoms with Crippen LogP contribution < -0.4 is 4.90 Å². The maximum atomic E-state index is 12.8. The zero-order valence-electron chi connectivity index (χ0n) is 16.6. The van der Waals surface area contributed by atoms with Crippen molar-refractivity contribution >= 4 is 40.0 Å². The Bertz CT molecular complexity index is 934. The van der Waals surface area contributed by atoms with Crippen molar-refractivity contribution in [2.45, 2.75) is 52.1 Å². The second kappa shape index (κ2) is 7.94. The van der Waals surface area contributed by atoms with Crippen molar-refractivity contribution < 1.29 is 14.4 Å². The predicted molar refractivity (Wildman–Crippen MR) is 111 cm³/mol. The third kappa shape index (κ3) is 3.89. The standard InChI is InChI=1S/C21H24N4O3S/c1-14-7-9-18(10-8-14)25(15(2)26)20-22-16(13-29-20)11-24-19(27)12-23(21(24)28)17-5-3-4-6-17/h7-10,13,17H,3-6,11-12H2,1-2H3. The number of imide groups is 1. The van der Waals surface area contributed by atoms with Gasteiger partial charge in [-0.3, -0.25) is 19.4 Å². The maximum Gasteiger partial charge on any atom is 0.327 e. The van der Waals surface area contributed by atoms with E-state index in [1.54, 1.807) is 15.2 Å². The fourth-order valence-corrected chi connectivity index (χ4v) is 4.85. The van der Waals surface area contributed by atoms with Crippen LogP contribution in [-0.4, -0.2) is 45.2 Å². The molecule has 1 aliphatic carbocycles. The lowest BCUT2D eigenvalue weighted by Gasteiger charge is -2.22. The van der Waals surface area contributed by atoms with Gasteiger partial charge >= 0.3 is 6.03 Å². The minimum Gasteiger partial charge on any atom is -0.312 e. The Morgan fingerprint density at radius 3 is 2.55 bits per heavy atom. The summed E-state index contributed by atoms with van der Waals surface area (Å²) in [5, 5.41) is 2.33. The molecule has 8 heteroatoms. The van der Waals surface area contributed by atoms with Crippen LogP contribution in [0.5, 0.6) is 0 Å². The molecule has 1 saturated carbocycles. The Labute approximate surface area is 173 Å². The van der Waals surface area contributed by atoms with Gasteiger partial charge in [0.25, 0.3) is 5.91 Å². The number of thiazole rings is 1. The highest BCUT2D eigenvalue weighted by molar-refractivity contribution is 7.14. The van der Waals surface area contributed by atoms with Crippen LogP contribution >= 0.6 is 11.3 Å². The minimum atomic E-state index is -0.224. The summed E-state index contributed by atoms with van der Waals surface area (Å²) >= 11 is 1.33. The molecule has 1 aromatic carbocycles. The molecule has 1 saturated heterocycles. The SMILES string of the molecule is CC(=O)N(c1ccc(C)cc1)c1nc(CN2C(=O)CN(C3CCCC3)C2=O)cs1. The molecule has 4 rings (SSSR count). The number of aryl methyl sites for hydroxylation is 1. The van der Waals surface area contributed by atoms with Gasteiger partial charge < -0.3 is 4.90 Å². The Morgan fingerprint density at radius 2 is 1.90 bits per heavy atom. The molecule has 29 heavy (non-hydrogen) atoms. The lowest BCUT2D eigenvalue weighted by atomic mass is 10.2. The van der Waals surface area contributed by atoms with E-state index in [0.29, 0.717) is 10.8 Å². The molecule has 0 atom stereocenters. The average molecular weight is 413 g/mol. The first kappa shape index (κ1) is 19.6. The van der Waals surface area contributed by atoms with Crippen LogP contribution in [0.1, 0.15) is 43.9 Å². The number of hydrogen-bond donors (Lipinski definition) is 0. The molecule has 4 amide bonds. The second-order valence-electron chi connectivity index (χ2n) is 7.64. The normalized spacial score (nSPS) is 17.4. The summed E-state index contributed by atoms with van der Waals surface area (Å²) in [6.45, 7) is 3.77. The number of nitrogens with zero attached hydrogens (tertiary/aromatic N) is 4. The van der Waals surface area contributed by atoms with E-state index in [1.165, 1.54) is 23.2 Å². The molecule has 2 fully saturated rings. The van der Waals surface area contributed by atoms with E-state index in [4.69, 9.17) is 0 Å². The smallest absolute Gasteiger partial charge is 0.312 e. The van der Waals surface area contributed by atoms with E-state index in [9.17, 15) is 14.4 Å². The number of carbonyl (C=O) groups is 3. The van der Waals surface area contributed by atoms with Gasteiger partial charge in [0.05, 0.1) is 17.9 Å². The van der Waals surface area contributed by atoms with Crippen molar-refractivity contribution in [2.75, 3.05) is 11.4 Å². The predicted octanol–water partition coefficient (Wildman–Crippen LogP) is 3.84. The number of hydrogen-bond acceptors (Lipinski definition) is 5. The monoisotopic (exact) mass is 412 g/mol. The molecular formula is C21H24N4O3S. The molecule has 2 aromatic rings. The van der Waals surface area contributed by atoms with E-state index in [-0.39, 0.29) is 37.0 Å². The Kier molecular flexibility index (Phi) is 5.36. The molecule has 2 aliphatic rings. The Balaban J connectivity index is 1.51. The van der Waals surface area contributed by atoms with Crippen LogP contribution in [0, 0.1) is 6.92 Å². The summed E-state index contributed by atoms with van der Waals surface area (Å²) in [5.41, 5.74) is 2.46. The molecular weight excluding hydrogens is 388 g/mol. The summed E-state index contributed by atoms with van der Waals surface area (Å²) in [4.78, 5) is 46.5. The van der Waals surface area contributed by atoms with Gasteiger partial charge in [0, 0.05) is 18.3 Å². The van der Waals surface area contributed by atoms with E-state index in [2.05, 4.69) is 4.98 Å². The first-order valence-electron chi connectivity index (χ1n) is 9.87. The first-order valence-corrected chi connectivity index (χ1v) is 10.7. The summed E-state index contributed by atoms with van der Waals surface area (Å²) in [6, 6.07) is 7.60. The lowest BCUT2D eigenvalue weighted by Crippen LogP contribution is -2.37. The zero-order chi connectivity index (χ0) is 20.5. The molecule has 0 spiro atoms. The van der Waals surface area contributed by atoms with E-state index in [1.807, 2.05) is 31.2 Å². The van der Waals surface area contributed by atoms with Gasteiger partial charge in [0.2, 0.25) is 5.91 Å². The highest BCUT2D eigenvalue weighted by atomic mass is 32.1. The van der Waals surface area contributed by atoms with Crippen molar-refractivity contribution in [1.29, 1.82) is 0 Å². The van der Waals surface area contributed by atoms with Gasteiger partial charge in [0.1, 0.15) is 6.54 Å². The number of urea groups is 1. The van der Waals surface area contributed by atoms with Crippen LogP contribution in [0.25, 0.3) is 0 Å². The topological polar surface area (TPSA) is 73.8 Å². The minimum absolute atomic E-state index is 0.136. The van der Waals surface area contributed by atoms with E-state index >= 15 is 0 Å². The third-order valence-corrected chi connectivity index (χ3v) is 6.38. The van der Waals surface area contributed by atoms with Crippen LogP contribution in [0.4, 0.5) is 15.6 Å². The highest BCUT2D eigenvalue weighted by Gasteiger charge is 2.40. The molecule has 0 radical (unpaired) electrons. The zero-order valence-corrected chi connectivity index (χ0v) is 17.4. The summed E-state index contributed by atoms with van der Waals surface area (Å²) in [6.07, 6.45) is 4.16.